The van der Waals surface area contributed by atoms with Crippen LogP contribution >= 0.6 is 0 Å². The molecule has 0 aromatic rings. The van der Waals surface area contributed by atoms with Gasteiger partial charge in [0.25, 0.3) is 0 Å². The maximum Gasteiger partial charge on any atom is 0.337 e. The molecule has 0 bridgehead atoms. The fourth-order valence-corrected chi connectivity index (χ4v) is 0.760. The van der Waals surface area contributed by atoms with Crippen molar-refractivity contribution >= 4 is 5.97 Å². The van der Waals surface area contributed by atoms with Crippen LogP contribution in [0.4, 0.5) is 0 Å². The predicted octanol–water partition coefficient (Wildman–Crippen LogP) is 2.79. The van der Waals surface area contributed by atoms with E-state index in [4.69, 9.17) is 0 Å². The van der Waals surface area contributed by atoms with E-state index in [0.717, 1.165) is 5.57 Å². The largest absolute Gasteiger partial charge is 0.465 e. The summed E-state index contributed by atoms with van der Waals surface area (Å²) in [6.07, 6.45) is 9.39. The smallest absolute Gasteiger partial charge is 0.337 e. The van der Waals surface area contributed by atoms with Gasteiger partial charge in [-0.2, -0.15) is 0 Å². The molecule has 14 heavy (non-hydrogen) atoms. The Morgan fingerprint density at radius 1 is 1.29 bits per heavy atom. The summed E-state index contributed by atoms with van der Waals surface area (Å²) >= 11 is 0. The van der Waals surface area contributed by atoms with Crippen LogP contribution in [0.15, 0.2) is 48.1 Å². The van der Waals surface area contributed by atoms with Crippen molar-refractivity contribution in [3.8, 4) is 0 Å². The van der Waals surface area contributed by atoms with E-state index >= 15 is 0 Å². The van der Waals surface area contributed by atoms with Crippen LogP contribution in [-0.2, 0) is 9.53 Å². The van der Waals surface area contributed by atoms with Crippen LogP contribution in [0.25, 0.3) is 0 Å². The first kappa shape index (κ1) is 12.4. The van der Waals surface area contributed by atoms with Crippen LogP contribution < -0.4 is 0 Å². The van der Waals surface area contributed by atoms with Crippen LogP contribution in [0.3, 0.4) is 0 Å². The van der Waals surface area contributed by atoms with Crippen molar-refractivity contribution in [3.05, 3.63) is 48.1 Å². The standard InChI is InChI=1S/C12H16O2/c1-5-6-7-8-9-10(2)11(3)12(13)14-4/h5-9H,3H2,1-2,4H3. The minimum Gasteiger partial charge on any atom is -0.465 e. The topological polar surface area (TPSA) is 26.3 Å². The van der Waals surface area contributed by atoms with Gasteiger partial charge in [-0.05, 0) is 19.4 Å². The number of carbonyl (C=O) groups is 1. The van der Waals surface area contributed by atoms with E-state index in [1.54, 1.807) is 0 Å². The van der Waals surface area contributed by atoms with E-state index in [1.165, 1.54) is 7.11 Å². The fraction of sp³-hybridized carbons (Fsp3) is 0.250. The molecular formula is C12H16O2. The summed E-state index contributed by atoms with van der Waals surface area (Å²) in [7, 11) is 1.34. The van der Waals surface area contributed by atoms with E-state index in [9.17, 15) is 4.79 Å². The van der Waals surface area contributed by atoms with E-state index in [1.807, 2.05) is 44.2 Å². The lowest BCUT2D eigenvalue weighted by Gasteiger charge is -2.01. The van der Waals surface area contributed by atoms with Gasteiger partial charge in [-0.3, -0.25) is 0 Å². The van der Waals surface area contributed by atoms with E-state index in [0.29, 0.717) is 5.57 Å². The zero-order valence-corrected chi connectivity index (χ0v) is 8.91. The monoisotopic (exact) mass is 192 g/mol. The third kappa shape index (κ3) is 4.45. The Bertz CT molecular complexity index is 293. The number of hydrogen-bond acceptors (Lipinski definition) is 2. The summed E-state index contributed by atoms with van der Waals surface area (Å²) in [5, 5.41) is 0. The Morgan fingerprint density at radius 3 is 2.43 bits per heavy atom. The molecule has 0 spiro atoms. The van der Waals surface area contributed by atoms with Crippen molar-refractivity contribution < 1.29 is 9.53 Å². The van der Waals surface area contributed by atoms with E-state index in [-0.39, 0.29) is 0 Å². The Morgan fingerprint density at radius 2 is 1.93 bits per heavy atom. The Hall–Kier alpha value is -1.57. The summed E-state index contributed by atoms with van der Waals surface area (Å²) in [5.41, 5.74) is 1.19. The van der Waals surface area contributed by atoms with Crippen molar-refractivity contribution in [2.75, 3.05) is 7.11 Å². The molecule has 0 heterocycles. The number of allylic oxidation sites excluding steroid dienone is 5. The van der Waals surface area contributed by atoms with E-state index < -0.39 is 5.97 Å². The first-order valence-electron chi connectivity index (χ1n) is 4.37. The van der Waals surface area contributed by atoms with Crippen LogP contribution in [0, 0.1) is 0 Å². The van der Waals surface area contributed by atoms with Gasteiger partial charge in [-0.1, -0.05) is 37.0 Å². The molecule has 0 amide bonds. The van der Waals surface area contributed by atoms with Gasteiger partial charge in [0.05, 0.1) is 12.7 Å². The second-order valence-electron chi connectivity index (χ2n) is 2.73. The van der Waals surface area contributed by atoms with Gasteiger partial charge in [-0.15, -0.1) is 0 Å². The Balaban J connectivity index is 4.38. The quantitative estimate of drug-likeness (QED) is 0.389. The van der Waals surface area contributed by atoms with Gasteiger partial charge in [0.15, 0.2) is 0 Å². The van der Waals surface area contributed by atoms with Crippen LogP contribution in [0.1, 0.15) is 13.8 Å². The number of ether oxygens (including phenoxy) is 1. The van der Waals surface area contributed by atoms with Crippen molar-refractivity contribution in [3.63, 3.8) is 0 Å². The summed E-state index contributed by atoms with van der Waals surface area (Å²) in [4.78, 5) is 11.0. The highest BCUT2D eigenvalue weighted by atomic mass is 16.5. The van der Waals surface area contributed by atoms with Crippen molar-refractivity contribution in [2.45, 2.75) is 13.8 Å². The second kappa shape index (κ2) is 6.89. The molecule has 0 fully saturated rings. The van der Waals surface area contributed by atoms with Crippen molar-refractivity contribution in [2.24, 2.45) is 0 Å². The highest BCUT2D eigenvalue weighted by Gasteiger charge is 2.06. The lowest BCUT2D eigenvalue weighted by atomic mass is 10.1. The molecule has 2 heteroatoms. The van der Waals surface area contributed by atoms with Gasteiger partial charge in [0, 0.05) is 0 Å². The highest BCUT2D eigenvalue weighted by Crippen LogP contribution is 2.08. The number of carbonyl (C=O) groups excluding carboxylic acids is 1. The molecule has 2 nitrogen and oxygen atoms in total. The molecule has 0 saturated heterocycles. The number of hydrogen-bond donors (Lipinski definition) is 0. The zero-order chi connectivity index (χ0) is 11.0. The van der Waals surface area contributed by atoms with Gasteiger partial charge in [0.2, 0.25) is 0 Å². The maximum absolute atomic E-state index is 11.0. The molecular weight excluding hydrogens is 176 g/mol. The van der Waals surface area contributed by atoms with Gasteiger partial charge in [0.1, 0.15) is 0 Å². The fourth-order valence-electron chi connectivity index (χ4n) is 0.760. The first-order chi connectivity index (χ1) is 6.63. The first-order valence-corrected chi connectivity index (χ1v) is 4.37. The van der Waals surface area contributed by atoms with Crippen LogP contribution in [-0.4, -0.2) is 13.1 Å². The minimum atomic E-state index is -0.391. The molecule has 0 radical (unpaired) electrons. The third-order valence-corrected chi connectivity index (χ3v) is 1.67. The lowest BCUT2D eigenvalue weighted by Crippen LogP contribution is -2.04. The normalized spacial score (nSPS) is 12.4. The zero-order valence-electron chi connectivity index (χ0n) is 8.91. The summed E-state index contributed by atoms with van der Waals surface area (Å²) in [6.45, 7) is 7.39. The molecule has 0 rings (SSSR count). The molecule has 0 N–H and O–H groups in total. The van der Waals surface area contributed by atoms with Gasteiger partial charge in [-0.25, -0.2) is 4.79 Å². The minimum absolute atomic E-state index is 0.387. The molecule has 0 atom stereocenters. The average Bonchev–Trinajstić information content (AvgIpc) is 2.21. The SMILES string of the molecule is C=C(C(=O)OC)C(C)=CC=CC=CC. The molecule has 0 aromatic heterocycles. The predicted molar refractivity (Wildman–Crippen MR) is 58.9 cm³/mol. The molecule has 0 aliphatic heterocycles. The Kier molecular flexibility index (Phi) is 6.12. The molecule has 0 unspecified atom stereocenters. The van der Waals surface area contributed by atoms with Crippen molar-refractivity contribution in [1.82, 2.24) is 0 Å². The van der Waals surface area contributed by atoms with Gasteiger partial charge < -0.3 is 4.74 Å². The van der Waals surface area contributed by atoms with E-state index in [2.05, 4.69) is 11.3 Å². The molecule has 0 saturated carbocycles. The number of rotatable bonds is 4. The second-order valence-corrected chi connectivity index (χ2v) is 2.73. The molecule has 0 aliphatic rings. The van der Waals surface area contributed by atoms with Crippen LogP contribution in [0.2, 0.25) is 0 Å². The Labute approximate surface area is 85.3 Å². The third-order valence-electron chi connectivity index (χ3n) is 1.67. The molecule has 0 aromatic carbocycles. The van der Waals surface area contributed by atoms with Crippen LogP contribution in [0.5, 0.6) is 0 Å². The summed E-state index contributed by atoms with van der Waals surface area (Å²) in [5.74, 6) is -0.391. The number of esters is 1. The average molecular weight is 192 g/mol. The van der Waals surface area contributed by atoms with Gasteiger partial charge >= 0.3 is 5.97 Å². The maximum atomic E-state index is 11.0. The summed E-state index contributed by atoms with van der Waals surface area (Å²) < 4.78 is 4.54. The molecule has 76 valence electrons. The number of methoxy groups -OCH3 is 1. The molecule has 0 aliphatic carbocycles. The highest BCUT2D eigenvalue weighted by molar-refractivity contribution is 5.92. The lowest BCUT2D eigenvalue weighted by molar-refractivity contribution is -0.135. The summed E-state index contributed by atoms with van der Waals surface area (Å²) in [6, 6.07) is 0. The van der Waals surface area contributed by atoms with Crippen molar-refractivity contribution in [1.29, 1.82) is 0 Å².